The van der Waals surface area contributed by atoms with Crippen LogP contribution in [0.25, 0.3) is 16.5 Å². The Morgan fingerprint density at radius 1 is 1.04 bits per heavy atom. The Labute approximate surface area is 163 Å². The molecule has 0 aliphatic rings. The van der Waals surface area contributed by atoms with Crippen molar-refractivity contribution in [3.63, 3.8) is 0 Å². The molecule has 0 saturated carbocycles. The van der Waals surface area contributed by atoms with Gasteiger partial charge in [0.25, 0.3) is 5.91 Å². The van der Waals surface area contributed by atoms with Gasteiger partial charge in [0.1, 0.15) is 5.75 Å². The summed E-state index contributed by atoms with van der Waals surface area (Å²) in [6, 6.07) is 23.6. The first kappa shape index (κ1) is 17.8. The van der Waals surface area contributed by atoms with Gasteiger partial charge in [-0.1, -0.05) is 48.5 Å². The summed E-state index contributed by atoms with van der Waals surface area (Å²) in [4.78, 5) is 12.7. The van der Waals surface area contributed by atoms with Gasteiger partial charge in [0.05, 0.1) is 12.8 Å². The highest BCUT2D eigenvalue weighted by molar-refractivity contribution is 5.93. The molecule has 0 aliphatic heterocycles. The zero-order valence-electron chi connectivity index (χ0n) is 15.8. The summed E-state index contributed by atoms with van der Waals surface area (Å²) in [5.41, 5.74) is 3.17. The molecule has 5 nitrogen and oxygen atoms in total. The van der Waals surface area contributed by atoms with Crippen LogP contribution in [0, 0.1) is 6.92 Å². The summed E-state index contributed by atoms with van der Waals surface area (Å²) < 4.78 is 7.27. The number of rotatable bonds is 5. The summed E-state index contributed by atoms with van der Waals surface area (Å²) in [7, 11) is 1.64. The molecule has 28 heavy (non-hydrogen) atoms. The van der Waals surface area contributed by atoms with E-state index in [0.29, 0.717) is 12.2 Å². The van der Waals surface area contributed by atoms with E-state index in [1.807, 2.05) is 73.7 Å². The second kappa shape index (κ2) is 7.56. The van der Waals surface area contributed by atoms with E-state index in [-0.39, 0.29) is 5.91 Å². The number of aryl methyl sites for hydroxylation is 1. The van der Waals surface area contributed by atoms with Crippen LogP contribution in [0.3, 0.4) is 0 Å². The third-order valence-corrected chi connectivity index (χ3v) is 4.76. The SMILES string of the molecule is COc1ccc2ccccc2c1CNC(=O)c1cc(C)n(-c2ccccc2)n1. The molecule has 0 saturated heterocycles. The van der Waals surface area contributed by atoms with Gasteiger partial charge in [-0.25, -0.2) is 4.68 Å². The Balaban J connectivity index is 1.58. The predicted octanol–water partition coefficient (Wildman–Crippen LogP) is 4.27. The van der Waals surface area contributed by atoms with E-state index in [1.165, 1.54) is 0 Å². The molecule has 140 valence electrons. The lowest BCUT2D eigenvalue weighted by Crippen LogP contribution is -2.23. The minimum atomic E-state index is -0.215. The van der Waals surface area contributed by atoms with E-state index in [9.17, 15) is 4.79 Å². The molecule has 5 heteroatoms. The van der Waals surface area contributed by atoms with Crippen molar-refractivity contribution in [2.24, 2.45) is 0 Å². The molecule has 0 unspecified atom stereocenters. The Morgan fingerprint density at radius 3 is 2.57 bits per heavy atom. The van der Waals surface area contributed by atoms with Crippen LogP contribution in [0.1, 0.15) is 21.7 Å². The van der Waals surface area contributed by atoms with E-state index in [1.54, 1.807) is 17.9 Å². The van der Waals surface area contributed by atoms with Crippen LogP contribution in [0.15, 0.2) is 72.8 Å². The van der Waals surface area contributed by atoms with Gasteiger partial charge in [-0.3, -0.25) is 4.79 Å². The average molecular weight is 371 g/mol. The van der Waals surface area contributed by atoms with Crippen LogP contribution in [-0.2, 0) is 6.54 Å². The molecule has 4 rings (SSSR count). The van der Waals surface area contributed by atoms with Crippen molar-refractivity contribution >= 4 is 16.7 Å². The lowest BCUT2D eigenvalue weighted by Gasteiger charge is -2.12. The number of methoxy groups -OCH3 is 1. The molecular weight excluding hydrogens is 350 g/mol. The van der Waals surface area contributed by atoms with Gasteiger partial charge in [0.15, 0.2) is 5.69 Å². The highest BCUT2D eigenvalue weighted by atomic mass is 16.5. The zero-order valence-corrected chi connectivity index (χ0v) is 15.8. The Hall–Kier alpha value is -3.60. The number of carbonyl (C=O) groups excluding carboxylic acids is 1. The fraction of sp³-hybridized carbons (Fsp3) is 0.130. The normalized spacial score (nSPS) is 10.8. The van der Waals surface area contributed by atoms with Crippen molar-refractivity contribution < 1.29 is 9.53 Å². The molecule has 1 aromatic heterocycles. The minimum absolute atomic E-state index is 0.215. The maximum atomic E-state index is 12.7. The molecule has 1 N–H and O–H groups in total. The number of amides is 1. The number of fused-ring (bicyclic) bond motifs is 1. The van der Waals surface area contributed by atoms with Gasteiger partial charge in [0.2, 0.25) is 0 Å². The molecule has 1 heterocycles. The average Bonchev–Trinajstić information content (AvgIpc) is 3.14. The second-order valence-corrected chi connectivity index (χ2v) is 6.57. The fourth-order valence-electron chi connectivity index (χ4n) is 3.36. The number of aromatic nitrogens is 2. The van der Waals surface area contributed by atoms with Crippen LogP contribution in [0.4, 0.5) is 0 Å². The Morgan fingerprint density at radius 2 is 1.79 bits per heavy atom. The van der Waals surface area contributed by atoms with Crippen molar-refractivity contribution in [2.45, 2.75) is 13.5 Å². The molecule has 4 aromatic rings. The quantitative estimate of drug-likeness (QED) is 0.570. The number of benzene rings is 3. The van der Waals surface area contributed by atoms with Crippen LogP contribution < -0.4 is 10.1 Å². The summed E-state index contributed by atoms with van der Waals surface area (Å²) in [6.07, 6.45) is 0. The van der Waals surface area contributed by atoms with E-state index in [0.717, 1.165) is 33.5 Å². The number of nitrogens with one attached hydrogen (secondary N) is 1. The molecule has 0 aliphatic carbocycles. The van der Waals surface area contributed by atoms with Gasteiger partial charge >= 0.3 is 0 Å². The molecular formula is C23H21N3O2. The highest BCUT2D eigenvalue weighted by Gasteiger charge is 2.15. The first-order valence-corrected chi connectivity index (χ1v) is 9.12. The van der Waals surface area contributed by atoms with E-state index >= 15 is 0 Å². The molecule has 0 spiro atoms. The molecule has 0 atom stereocenters. The fourth-order valence-corrected chi connectivity index (χ4v) is 3.36. The standard InChI is InChI=1S/C23H21N3O2/c1-16-14-21(25-26(16)18-9-4-3-5-10-18)23(27)24-15-20-19-11-7-6-8-17(19)12-13-22(20)28-2/h3-14H,15H2,1-2H3,(H,24,27). The largest absolute Gasteiger partial charge is 0.496 e. The van der Waals surface area contributed by atoms with E-state index < -0.39 is 0 Å². The third kappa shape index (κ3) is 3.34. The molecule has 0 radical (unpaired) electrons. The maximum absolute atomic E-state index is 12.7. The van der Waals surface area contributed by atoms with Crippen molar-refractivity contribution in [2.75, 3.05) is 7.11 Å². The second-order valence-electron chi connectivity index (χ2n) is 6.57. The summed E-state index contributed by atoms with van der Waals surface area (Å²) >= 11 is 0. The van der Waals surface area contributed by atoms with Crippen molar-refractivity contribution in [3.8, 4) is 11.4 Å². The van der Waals surface area contributed by atoms with Crippen molar-refractivity contribution in [1.82, 2.24) is 15.1 Å². The molecule has 0 bridgehead atoms. The highest BCUT2D eigenvalue weighted by Crippen LogP contribution is 2.27. The van der Waals surface area contributed by atoms with Gasteiger partial charge in [-0.05, 0) is 42.0 Å². The number of carbonyl (C=O) groups is 1. The Bertz CT molecular complexity index is 1130. The Kier molecular flexibility index (Phi) is 4.81. The van der Waals surface area contributed by atoms with Gasteiger partial charge in [-0.15, -0.1) is 0 Å². The van der Waals surface area contributed by atoms with Crippen LogP contribution in [0.5, 0.6) is 5.75 Å². The van der Waals surface area contributed by atoms with Gasteiger partial charge < -0.3 is 10.1 Å². The lowest BCUT2D eigenvalue weighted by atomic mass is 10.0. The summed E-state index contributed by atoms with van der Waals surface area (Å²) in [6.45, 7) is 2.30. The molecule has 0 fully saturated rings. The number of hydrogen-bond acceptors (Lipinski definition) is 3. The predicted molar refractivity (Wildman–Crippen MR) is 110 cm³/mol. The molecule has 1 amide bonds. The first-order chi connectivity index (χ1) is 13.7. The third-order valence-electron chi connectivity index (χ3n) is 4.76. The monoisotopic (exact) mass is 371 g/mol. The number of ether oxygens (including phenoxy) is 1. The number of nitrogens with zero attached hydrogens (tertiary/aromatic N) is 2. The van der Waals surface area contributed by atoms with Crippen molar-refractivity contribution in [1.29, 1.82) is 0 Å². The van der Waals surface area contributed by atoms with Crippen LogP contribution in [0.2, 0.25) is 0 Å². The first-order valence-electron chi connectivity index (χ1n) is 9.12. The van der Waals surface area contributed by atoms with Crippen LogP contribution in [-0.4, -0.2) is 22.8 Å². The number of para-hydroxylation sites is 1. The lowest BCUT2D eigenvalue weighted by molar-refractivity contribution is 0.0945. The number of hydrogen-bond donors (Lipinski definition) is 1. The zero-order chi connectivity index (χ0) is 19.5. The van der Waals surface area contributed by atoms with E-state index in [2.05, 4.69) is 10.4 Å². The maximum Gasteiger partial charge on any atom is 0.272 e. The summed E-state index contributed by atoms with van der Waals surface area (Å²) in [5.74, 6) is 0.540. The summed E-state index contributed by atoms with van der Waals surface area (Å²) in [5, 5.41) is 9.62. The van der Waals surface area contributed by atoms with Gasteiger partial charge in [0, 0.05) is 17.8 Å². The van der Waals surface area contributed by atoms with Crippen LogP contribution >= 0.6 is 0 Å². The minimum Gasteiger partial charge on any atom is -0.496 e. The van der Waals surface area contributed by atoms with Gasteiger partial charge in [-0.2, -0.15) is 5.10 Å². The smallest absolute Gasteiger partial charge is 0.272 e. The van der Waals surface area contributed by atoms with Crippen molar-refractivity contribution in [3.05, 3.63) is 89.7 Å². The molecule has 3 aromatic carbocycles. The topological polar surface area (TPSA) is 56.1 Å². The van der Waals surface area contributed by atoms with E-state index in [4.69, 9.17) is 4.74 Å².